The molecule has 0 saturated carbocycles. The number of amides is 2. The van der Waals surface area contributed by atoms with Crippen LogP contribution in [0.3, 0.4) is 0 Å². The molecule has 0 aliphatic carbocycles. The quantitative estimate of drug-likeness (QED) is 0.294. The molecule has 0 N–H and O–H groups in total. The van der Waals surface area contributed by atoms with E-state index in [1.54, 1.807) is 24.3 Å². The molecule has 0 atom stereocenters. The van der Waals surface area contributed by atoms with Gasteiger partial charge in [-0.2, -0.15) is 0 Å². The number of hydrogen-bond acceptors (Lipinski definition) is 6. The van der Waals surface area contributed by atoms with E-state index >= 15 is 0 Å². The number of hydrogen-bond donors (Lipinski definition) is 0. The number of esters is 1. The molecule has 33 heavy (non-hydrogen) atoms. The summed E-state index contributed by atoms with van der Waals surface area (Å²) in [5.74, 6) is -1.04. The molecule has 4 rings (SSSR count). The highest BCUT2D eigenvalue weighted by Gasteiger charge is 2.36. The van der Waals surface area contributed by atoms with Crippen molar-refractivity contribution in [2.45, 2.75) is 6.54 Å². The minimum atomic E-state index is -0.601. The summed E-state index contributed by atoms with van der Waals surface area (Å²) in [6, 6.07) is 12.2. The van der Waals surface area contributed by atoms with Crippen molar-refractivity contribution < 1.29 is 27.9 Å². The van der Waals surface area contributed by atoms with Crippen LogP contribution in [0.4, 0.5) is 9.18 Å². The van der Waals surface area contributed by atoms with Crippen molar-refractivity contribution in [3.63, 3.8) is 0 Å². The molecule has 10 heteroatoms. The molecule has 1 aliphatic rings. The molecule has 1 aromatic heterocycles. The van der Waals surface area contributed by atoms with Crippen LogP contribution >= 0.6 is 35.0 Å². The SMILES string of the molecule is COC(=O)c1cc(-c2ccc(/C=C3/SC(=O)N(Cc4c(F)cccc4Cl)C3=O)o2)ccc1Cl. The number of methoxy groups -OCH3 is 1. The second-order valence-electron chi connectivity index (χ2n) is 6.86. The van der Waals surface area contributed by atoms with E-state index in [1.807, 2.05) is 0 Å². The topological polar surface area (TPSA) is 76.8 Å². The molecule has 0 bridgehead atoms. The first-order valence-corrected chi connectivity index (χ1v) is 11.0. The molecule has 0 radical (unpaired) electrons. The number of ether oxygens (including phenoxy) is 1. The molecule has 2 amide bonds. The fourth-order valence-electron chi connectivity index (χ4n) is 3.14. The molecule has 6 nitrogen and oxygen atoms in total. The van der Waals surface area contributed by atoms with Crippen molar-refractivity contribution in [3.05, 3.63) is 86.2 Å². The Labute approximate surface area is 201 Å². The van der Waals surface area contributed by atoms with Crippen LogP contribution in [0.5, 0.6) is 0 Å². The molecule has 1 fully saturated rings. The Hall–Kier alpha value is -3.07. The van der Waals surface area contributed by atoms with Gasteiger partial charge in [0.25, 0.3) is 11.1 Å². The first-order chi connectivity index (χ1) is 15.8. The molecule has 0 unspecified atom stereocenters. The number of halogens is 3. The summed E-state index contributed by atoms with van der Waals surface area (Å²) in [7, 11) is 1.25. The number of imide groups is 1. The van der Waals surface area contributed by atoms with Crippen molar-refractivity contribution in [2.75, 3.05) is 7.11 Å². The number of carbonyl (C=O) groups is 3. The molecule has 0 spiro atoms. The first-order valence-electron chi connectivity index (χ1n) is 9.45. The van der Waals surface area contributed by atoms with E-state index in [1.165, 1.54) is 37.5 Å². The van der Waals surface area contributed by atoms with E-state index in [0.717, 1.165) is 16.7 Å². The van der Waals surface area contributed by atoms with Gasteiger partial charge in [0.1, 0.15) is 17.3 Å². The van der Waals surface area contributed by atoms with Crippen molar-refractivity contribution in [3.8, 4) is 11.3 Å². The second-order valence-corrected chi connectivity index (χ2v) is 8.66. The van der Waals surface area contributed by atoms with E-state index in [2.05, 4.69) is 0 Å². The van der Waals surface area contributed by atoms with Crippen LogP contribution in [0.1, 0.15) is 21.7 Å². The zero-order valence-corrected chi connectivity index (χ0v) is 19.3. The van der Waals surface area contributed by atoms with Crippen LogP contribution in [0.2, 0.25) is 10.0 Å². The summed E-state index contributed by atoms with van der Waals surface area (Å²) in [6.45, 7) is -0.280. The number of carbonyl (C=O) groups excluding carboxylic acids is 3. The maximum Gasteiger partial charge on any atom is 0.339 e. The fraction of sp³-hybridized carbons (Fsp3) is 0.0870. The Bertz CT molecular complexity index is 1300. The zero-order chi connectivity index (χ0) is 23.7. The number of rotatable bonds is 5. The summed E-state index contributed by atoms with van der Waals surface area (Å²) in [5.41, 5.74) is 0.816. The summed E-state index contributed by atoms with van der Waals surface area (Å²) in [5, 5.41) is -0.179. The smallest absolute Gasteiger partial charge is 0.339 e. The van der Waals surface area contributed by atoms with Crippen LogP contribution in [0.15, 0.2) is 57.9 Å². The molecule has 3 aromatic rings. The Kier molecular flexibility index (Phi) is 6.60. The van der Waals surface area contributed by atoms with Gasteiger partial charge in [0, 0.05) is 22.2 Å². The highest BCUT2D eigenvalue weighted by atomic mass is 35.5. The lowest BCUT2D eigenvalue weighted by Crippen LogP contribution is -2.28. The third-order valence-corrected chi connectivity index (χ3v) is 6.40. The van der Waals surface area contributed by atoms with Crippen LogP contribution in [0.25, 0.3) is 17.4 Å². The summed E-state index contributed by atoms with van der Waals surface area (Å²) in [4.78, 5) is 38.0. The fourth-order valence-corrected chi connectivity index (χ4v) is 4.37. The monoisotopic (exact) mass is 505 g/mol. The molecule has 2 aromatic carbocycles. The lowest BCUT2D eigenvalue weighted by atomic mass is 10.1. The van der Waals surface area contributed by atoms with Gasteiger partial charge < -0.3 is 9.15 Å². The minimum absolute atomic E-state index is 0.0622. The van der Waals surface area contributed by atoms with Crippen molar-refractivity contribution >= 4 is 58.2 Å². The number of furan rings is 1. The maximum atomic E-state index is 14.1. The van der Waals surface area contributed by atoms with Crippen LogP contribution in [-0.4, -0.2) is 29.1 Å². The third kappa shape index (κ3) is 4.68. The minimum Gasteiger partial charge on any atom is -0.465 e. The average molecular weight is 506 g/mol. The van der Waals surface area contributed by atoms with Gasteiger partial charge in [-0.25, -0.2) is 9.18 Å². The van der Waals surface area contributed by atoms with Gasteiger partial charge in [-0.1, -0.05) is 29.3 Å². The van der Waals surface area contributed by atoms with Crippen molar-refractivity contribution in [2.24, 2.45) is 0 Å². The molecule has 1 saturated heterocycles. The Morgan fingerprint density at radius 3 is 2.67 bits per heavy atom. The molecular weight excluding hydrogens is 492 g/mol. The Morgan fingerprint density at radius 2 is 1.94 bits per heavy atom. The third-order valence-electron chi connectivity index (χ3n) is 4.81. The Morgan fingerprint density at radius 1 is 1.15 bits per heavy atom. The summed E-state index contributed by atoms with van der Waals surface area (Å²) in [6.07, 6.45) is 1.43. The van der Waals surface area contributed by atoms with Gasteiger partial charge in [-0.3, -0.25) is 14.5 Å². The lowest BCUT2D eigenvalue weighted by Gasteiger charge is -2.14. The summed E-state index contributed by atoms with van der Waals surface area (Å²) >= 11 is 12.8. The normalized spacial score (nSPS) is 14.9. The average Bonchev–Trinajstić information content (AvgIpc) is 3.36. The Balaban J connectivity index is 1.57. The van der Waals surface area contributed by atoms with E-state index in [-0.39, 0.29) is 32.6 Å². The summed E-state index contributed by atoms with van der Waals surface area (Å²) < 4.78 is 24.6. The van der Waals surface area contributed by atoms with E-state index in [0.29, 0.717) is 17.1 Å². The second kappa shape index (κ2) is 9.43. The number of benzene rings is 2. The number of nitrogens with zero attached hydrogens (tertiary/aromatic N) is 1. The lowest BCUT2D eigenvalue weighted by molar-refractivity contribution is -0.123. The predicted molar refractivity (Wildman–Crippen MR) is 123 cm³/mol. The van der Waals surface area contributed by atoms with Crippen LogP contribution < -0.4 is 0 Å². The first kappa shape index (κ1) is 23.1. The molecule has 2 heterocycles. The molecular formula is C23H14Cl2FNO5S. The van der Waals surface area contributed by atoms with Gasteiger partial charge in [0.15, 0.2) is 0 Å². The van der Waals surface area contributed by atoms with Crippen LogP contribution in [0, 0.1) is 5.82 Å². The molecule has 168 valence electrons. The van der Waals surface area contributed by atoms with Crippen molar-refractivity contribution in [1.29, 1.82) is 0 Å². The van der Waals surface area contributed by atoms with Crippen molar-refractivity contribution in [1.82, 2.24) is 4.90 Å². The van der Waals surface area contributed by atoms with Crippen LogP contribution in [-0.2, 0) is 16.1 Å². The van der Waals surface area contributed by atoms with E-state index < -0.39 is 22.9 Å². The van der Waals surface area contributed by atoms with E-state index in [4.69, 9.17) is 32.4 Å². The van der Waals surface area contributed by atoms with E-state index in [9.17, 15) is 18.8 Å². The largest absolute Gasteiger partial charge is 0.465 e. The predicted octanol–water partition coefficient (Wildman–Crippen LogP) is 6.42. The van der Waals surface area contributed by atoms with Gasteiger partial charge in [-0.05, 0) is 54.2 Å². The zero-order valence-electron chi connectivity index (χ0n) is 16.9. The molecule has 1 aliphatic heterocycles. The van der Waals surface area contributed by atoms with Gasteiger partial charge in [0.05, 0.1) is 29.1 Å². The van der Waals surface area contributed by atoms with Gasteiger partial charge >= 0.3 is 5.97 Å². The maximum absolute atomic E-state index is 14.1. The van der Waals surface area contributed by atoms with Gasteiger partial charge in [-0.15, -0.1) is 0 Å². The standard InChI is InChI=1S/C23H14Cl2FNO5S/c1-31-22(29)14-9-12(5-7-17(14)25)19-8-6-13(32-19)10-20-21(28)27(23(30)33-20)11-15-16(24)3-2-4-18(15)26/h2-10H,11H2,1H3/b20-10+. The number of thioether (sulfide) groups is 1. The highest BCUT2D eigenvalue weighted by molar-refractivity contribution is 8.18. The highest BCUT2D eigenvalue weighted by Crippen LogP contribution is 2.35. The van der Waals surface area contributed by atoms with Gasteiger partial charge in [0.2, 0.25) is 0 Å².